The second-order valence-electron chi connectivity index (χ2n) is 4.80. The van der Waals surface area contributed by atoms with Crippen LogP contribution in [0.15, 0.2) is 0 Å². The van der Waals surface area contributed by atoms with Gasteiger partial charge in [0.2, 0.25) is 0 Å². The molecule has 0 aromatic heterocycles. The Balaban J connectivity index is 6.63. The Bertz CT molecular complexity index is 647. The molecule has 0 saturated heterocycles. The Morgan fingerprint density at radius 3 is 1.13 bits per heavy atom. The van der Waals surface area contributed by atoms with E-state index in [9.17, 15) is 79.4 Å². The number of halogens is 17. The predicted octanol–water partition coefficient (Wildman–Crippen LogP) is 4.94. The van der Waals surface area contributed by atoms with E-state index in [4.69, 9.17) is 5.11 Å². The molecular weight excluding hydrogens is 495 g/mol. The van der Waals surface area contributed by atoms with Crippen molar-refractivity contribution < 1.29 is 94.0 Å². The smallest absolute Gasteiger partial charge is 0.462 e. The van der Waals surface area contributed by atoms with Crippen LogP contribution in [0.5, 0.6) is 0 Å². The molecule has 0 bridgehead atoms. The summed E-state index contributed by atoms with van der Waals surface area (Å²) in [4.78, 5) is 10.1. The number of hydrogen-bond donors (Lipinski definition) is 1. The lowest BCUT2D eigenvalue weighted by atomic mass is 10.2. The van der Waals surface area contributed by atoms with E-state index in [0.29, 0.717) is 0 Å². The van der Waals surface area contributed by atoms with Crippen LogP contribution in [0.2, 0.25) is 0 Å². The first kappa shape index (κ1) is 28.2. The zero-order valence-corrected chi connectivity index (χ0v) is 12.6. The van der Waals surface area contributed by atoms with Gasteiger partial charge in [0.15, 0.2) is 0 Å². The third-order valence-corrected chi connectivity index (χ3v) is 2.64. The van der Waals surface area contributed by atoms with Crippen LogP contribution < -0.4 is 0 Å². The van der Waals surface area contributed by atoms with Gasteiger partial charge in [0.1, 0.15) is 0 Å². The molecule has 180 valence electrons. The highest BCUT2D eigenvalue weighted by atomic mass is 19.4. The van der Waals surface area contributed by atoms with Gasteiger partial charge in [-0.15, -0.1) is 0 Å². The molecule has 0 aromatic rings. The minimum absolute atomic E-state index is 1.19. The van der Waals surface area contributed by atoms with E-state index in [2.05, 4.69) is 0 Å². The van der Waals surface area contributed by atoms with Gasteiger partial charge in [-0.05, 0) is 0 Å². The van der Waals surface area contributed by atoms with Crippen LogP contribution in [0.4, 0.5) is 74.6 Å². The van der Waals surface area contributed by atoms with Gasteiger partial charge in [-0.25, -0.2) is 4.79 Å². The largest absolute Gasteiger partial charge is 0.477 e. The Kier molecular flexibility index (Phi) is 6.70. The highest BCUT2D eigenvalue weighted by molar-refractivity contribution is 5.76. The van der Waals surface area contributed by atoms with E-state index in [1.807, 2.05) is 0 Å². The molecule has 0 heterocycles. The summed E-state index contributed by atoms with van der Waals surface area (Å²) < 4.78 is 216. The van der Waals surface area contributed by atoms with Crippen molar-refractivity contribution in [3.63, 3.8) is 0 Å². The molecule has 0 spiro atoms. The van der Waals surface area contributed by atoms with Crippen molar-refractivity contribution in [2.24, 2.45) is 0 Å². The van der Waals surface area contributed by atoms with E-state index < -0.39 is 54.3 Å². The Morgan fingerprint density at radius 1 is 0.533 bits per heavy atom. The fourth-order valence-corrected chi connectivity index (χ4v) is 1.15. The number of ether oxygens (including phenoxy) is 2. The summed E-state index contributed by atoms with van der Waals surface area (Å²) in [5.41, 5.74) is 0. The molecule has 0 aliphatic carbocycles. The maximum absolute atomic E-state index is 13.5. The molecule has 0 fully saturated rings. The van der Waals surface area contributed by atoms with Gasteiger partial charge in [-0.1, -0.05) is 0 Å². The van der Waals surface area contributed by atoms with Gasteiger partial charge >= 0.3 is 54.3 Å². The SMILES string of the molecule is O=C(O)[C@](F)(OC(F)(F)[C@@](F)(OC(F)(F)C(F)(F)C(F)(F)F)C(F)(F)F)C(F)(F)F. The average Bonchev–Trinajstić information content (AvgIpc) is 2.41. The van der Waals surface area contributed by atoms with Gasteiger partial charge in [0.25, 0.3) is 0 Å². The van der Waals surface area contributed by atoms with Crippen molar-refractivity contribution in [3.8, 4) is 0 Å². The molecule has 0 aromatic carbocycles. The molecule has 4 nitrogen and oxygen atoms in total. The minimum Gasteiger partial charge on any atom is -0.477 e. The van der Waals surface area contributed by atoms with E-state index in [1.54, 1.807) is 0 Å². The summed E-state index contributed by atoms with van der Waals surface area (Å²) in [5.74, 6) is -27.3. The maximum Gasteiger partial charge on any atom is 0.462 e. The second-order valence-corrected chi connectivity index (χ2v) is 4.80. The Hall–Kier alpha value is -1.80. The number of carboxylic acid groups (broad SMARTS) is 1. The van der Waals surface area contributed by atoms with E-state index in [-0.39, 0.29) is 0 Å². The fourth-order valence-electron chi connectivity index (χ4n) is 1.15. The number of rotatable bonds is 7. The van der Waals surface area contributed by atoms with Crippen molar-refractivity contribution in [1.82, 2.24) is 0 Å². The first-order chi connectivity index (χ1) is 12.6. The summed E-state index contributed by atoms with van der Waals surface area (Å²) in [7, 11) is 0. The third kappa shape index (κ3) is 4.44. The lowest BCUT2D eigenvalue weighted by Crippen LogP contribution is -2.68. The van der Waals surface area contributed by atoms with Crippen LogP contribution in [0, 0.1) is 0 Å². The molecule has 0 aliphatic rings. The standard InChI is InChI=1S/C9HF17O4/c10-2(1(27)28,5(14,15)16)29-9(25,26)4(13,7(20,21)22)30-8(23,24)3(11,12)6(17,18)19/h(H,27,28)/t2-,4-/m0/s1. The first-order valence-electron chi connectivity index (χ1n) is 5.96. The summed E-state index contributed by atoms with van der Waals surface area (Å²) in [6.45, 7) is 0. The van der Waals surface area contributed by atoms with Gasteiger partial charge in [-0.3, -0.25) is 9.47 Å². The molecule has 0 rings (SSSR count). The molecule has 0 unspecified atom stereocenters. The fraction of sp³-hybridized carbons (Fsp3) is 0.889. The van der Waals surface area contributed by atoms with Gasteiger partial charge in [0, 0.05) is 0 Å². The van der Waals surface area contributed by atoms with Crippen LogP contribution in [0.25, 0.3) is 0 Å². The van der Waals surface area contributed by atoms with Crippen molar-refractivity contribution in [1.29, 1.82) is 0 Å². The number of aliphatic carboxylic acids is 1. The van der Waals surface area contributed by atoms with Crippen molar-refractivity contribution in [3.05, 3.63) is 0 Å². The number of hydrogen-bond acceptors (Lipinski definition) is 3. The lowest BCUT2D eigenvalue weighted by Gasteiger charge is -2.39. The maximum atomic E-state index is 13.5. The molecule has 0 saturated carbocycles. The average molecular weight is 496 g/mol. The quantitative estimate of drug-likeness (QED) is 0.508. The monoisotopic (exact) mass is 496 g/mol. The topological polar surface area (TPSA) is 55.8 Å². The van der Waals surface area contributed by atoms with E-state index in [1.165, 1.54) is 9.47 Å². The summed E-state index contributed by atoms with van der Waals surface area (Å²) in [6.07, 6.45) is -38.8. The van der Waals surface area contributed by atoms with Gasteiger partial charge < -0.3 is 5.11 Å². The van der Waals surface area contributed by atoms with Gasteiger partial charge in [-0.2, -0.15) is 74.6 Å². The van der Waals surface area contributed by atoms with Crippen LogP contribution >= 0.6 is 0 Å². The normalized spacial score (nSPS) is 19.2. The van der Waals surface area contributed by atoms with Crippen LogP contribution in [0.3, 0.4) is 0 Å². The number of alkyl halides is 17. The molecule has 21 heteroatoms. The van der Waals surface area contributed by atoms with E-state index in [0.717, 1.165) is 0 Å². The lowest BCUT2D eigenvalue weighted by molar-refractivity contribution is -0.548. The van der Waals surface area contributed by atoms with Crippen molar-refractivity contribution in [2.45, 2.75) is 48.4 Å². The highest BCUT2D eigenvalue weighted by Crippen LogP contribution is 2.56. The molecule has 2 atom stereocenters. The molecule has 0 amide bonds. The zero-order valence-electron chi connectivity index (χ0n) is 12.6. The van der Waals surface area contributed by atoms with Gasteiger partial charge in [0.05, 0.1) is 0 Å². The van der Waals surface area contributed by atoms with Crippen LogP contribution in [0.1, 0.15) is 0 Å². The molecule has 0 radical (unpaired) electrons. The molecule has 1 N–H and O–H groups in total. The van der Waals surface area contributed by atoms with Crippen LogP contribution in [-0.2, 0) is 14.3 Å². The molecular formula is C9HF17O4. The zero-order chi connectivity index (χ0) is 25.0. The summed E-state index contributed by atoms with van der Waals surface area (Å²) in [6, 6.07) is 0. The first-order valence-corrected chi connectivity index (χ1v) is 5.96. The second kappa shape index (κ2) is 7.12. The summed E-state index contributed by atoms with van der Waals surface area (Å²) >= 11 is 0. The third-order valence-electron chi connectivity index (χ3n) is 2.64. The van der Waals surface area contributed by atoms with E-state index >= 15 is 0 Å². The van der Waals surface area contributed by atoms with Crippen LogP contribution in [-0.4, -0.2) is 59.5 Å². The summed E-state index contributed by atoms with van der Waals surface area (Å²) in [5, 5.41) is 7.85. The number of carboxylic acids is 1. The highest BCUT2D eigenvalue weighted by Gasteiger charge is 2.85. The molecule has 0 aliphatic heterocycles. The van der Waals surface area contributed by atoms with Crippen molar-refractivity contribution >= 4 is 5.97 Å². The number of carbonyl (C=O) groups is 1. The van der Waals surface area contributed by atoms with Crippen molar-refractivity contribution in [2.75, 3.05) is 0 Å². The minimum atomic E-state index is -8.09. The predicted molar refractivity (Wildman–Crippen MR) is 50.5 cm³/mol. The molecule has 30 heavy (non-hydrogen) atoms. The Labute approximate surface area is 150 Å². The Morgan fingerprint density at radius 2 is 0.900 bits per heavy atom.